The van der Waals surface area contributed by atoms with Crippen molar-refractivity contribution in [2.75, 3.05) is 72.7 Å². The zero-order chi connectivity index (χ0) is 18.3. The average molecular weight is 371 g/mol. The minimum atomic E-state index is -0.535. The van der Waals surface area contributed by atoms with E-state index in [-0.39, 0.29) is 18.4 Å². The molecule has 1 fully saturated rings. The standard InChI is InChI=1S/C18H29NO7/c20-18(16-3-1-2-4-16)19-17-15-25-12-11-23-8-7-21-5-6-22-9-10-24-13-14-26-17/h1-4,16-17H,5-15H2,(H,19,20). The van der Waals surface area contributed by atoms with Crippen LogP contribution in [0.3, 0.4) is 0 Å². The van der Waals surface area contributed by atoms with Crippen molar-refractivity contribution < 1.29 is 33.2 Å². The fourth-order valence-corrected chi connectivity index (χ4v) is 2.31. The van der Waals surface area contributed by atoms with E-state index in [4.69, 9.17) is 28.4 Å². The van der Waals surface area contributed by atoms with Gasteiger partial charge in [-0.3, -0.25) is 4.79 Å². The van der Waals surface area contributed by atoms with Gasteiger partial charge >= 0.3 is 0 Å². The quantitative estimate of drug-likeness (QED) is 0.747. The van der Waals surface area contributed by atoms with Crippen molar-refractivity contribution in [2.24, 2.45) is 5.92 Å². The van der Waals surface area contributed by atoms with Gasteiger partial charge in [0.25, 0.3) is 0 Å². The first-order chi connectivity index (χ1) is 12.9. The summed E-state index contributed by atoms with van der Waals surface area (Å²) in [7, 11) is 0. The Morgan fingerprint density at radius 2 is 1.15 bits per heavy atom. The highest BCUT2D eigenvalue weighted by Gasteiger charge is 2.19. The Hall–Kier alpha value is -1.29. The van der Waals surface area contributed by atoms with Crippen LogP contribution in [0.4, 0.5) is 0 Å². The Morgan fingerprint density at radius 3 is 1.69 bits per heavy atom. The van der Waals surface area contributed by atoms with Crippen LogP contribution in [0.5, 0.6) is 0 Å². The molecule has 2 rings (SSSR count). The zero-order valence-electron chi connectivity index (χ0n) is 15.1. The third-order valence-electron chi connectivity index (χ3n) is 3.66. The minimum absolute atomic E-state index is 0.117. The van der Waals surface area contributed by atoms with E-state index < -0.39 is 6.23 Å². The third-order valence-corrected chi connectivity index (χ3v) is 3.66. The smallest absolute Gasteiger partial charge is 0.232 e. The van der Waals surface area contributed by atoms with Crippen LogP contribution in [0.1, 0.15) is 0 Å². The summed E-state index contributed by atoms with van der Waals surface area (Å²) in [4.78, 5) is 12.2. The second-order valence-corrected chi connectivity index (χ2v) is 5.69. The van der Waals surface area contributed by atoms with Gasteiger partial charge in [0.15, 0.2) is 6.23 Å². The maximum absolute atomic E-state index is 12.2. The molecule has 1 aliphatic heterocycles. The maximum Gasteiger partial charge on any atom is 0.232 e. The highest BCUT2D eigenvalue weighted by atomic mass is 16.6. The number of amides is 1. The predicted octanol–water partition coefficient (Wildman–Crippen LogP) is 0.284. The molecule has 0 spiro atoms. The van der Waals surface area contributed by atoms with Gasteiger partial charge in [-0.05, 0) is 0 Å². The molecule has 1 N–H and O–H groups in total. The van der Waals surface area contributed by atoms with Crippen molar-refractivity contribution in [3.05, 3.63) is 24.3 Å². The normalized spacial score (nSPS) is 25.5. The van der Waals surface area contributed by atoms with Crippen molar-refractivity contribution in [3.63, 3.8) is 0 Å². The second-order valence-electron chi connectivity index (χ2n) is 5.69. The van der Waals surface area contributed by atoms with Gasteiger partial charge in [-0.2, -0.15) is 0 Å². The number of hydrogen-bond acceptors (Lipinski definition) is 7. The van der Waals surface area contributed by atoms with Gasteiger partial charge in [0.05, 0.1) is 78.6 Å². The van der Waals surface area contributed by atoms with Gasteiger partial charge in [0.2, 0.25) is 5.91 Å². The summed E-state index contributed by atoms with van der Waals surface area (Å²) in [5.74, 6) is -0.378. The predicted molar refractivity (Wildman–Crippen MR) is 93.7 cm³/mol. The van der Waals surface area contributed by atoms with E-state index in [0.717, 1.165) is 0 Å². The summed E-state index contributed by atoms with van der Waals surface area (Å²) >= 11 is 0. The molecule has 8 heteroatoms. The van der Waals surface area contributed by atoms with Crippen LogP contribution in [-0.4, -0.2) is 84.8 Å². The van der Waals surface area contributed by atoms with E-state index >= 15 is 0 Å². The lowest BCUT2D eigenvalue weighted by Crippen LogP contribution is -2.43. The van der Waals surface area contributed by atoms with Crippen molar-refractivity contribution in [3.8, 4) is 0 Å². The van der Waals surface area contributed by atoms with Crippen LogP contribution in [0.2, 0.25) is 0 Å². The molecule has 2 aliphatic rings. The number of nitrogens with one attached hydrogen (secondary N) is 1. The monoisotopic (exact) mass is 371 g/mol. The molecule has 0 aromatic rings. The lowest BCUT2D eigenvalue weighted by molar-refractivity contribution is -0.130. The molecule has 1 amide bonds. The van der Waals surface area contributed by atoms with Gasteiger partial charge in [0, 0.05) is 0 Å². The highest BCUT2D eigenvalue weighted by Crippen LogP contribution is 2.09. The lowest BCUT2D eigenvalue weighted by Gasteiger charge is -2.21. The molecule has 8 nitrogen and oxygen atoms in total. The molecule has 26 heavy (non-hydrogen) atoms. The molecule has 0 radical (unpaired) electrons. The fourth-order valence-electron chi connectivity index (χ4n) is 2.31. The van der Waals surface area contributed by atoms with E-state index in [1.807, 2.05) is 24.3 Å². The summed E-state index contributed by atoms with van der Waals surface area (Å²) < 4.78 is 32.9. The lowest BCUT2D eigenvalue weighted by atomic mass is 10.1. The molecule has 0 aromatic carbocycles. The van der Waals surface area contributed by atoms with E-state index in [9.17, 15) is 4.79 Å². The van der Waals surface area contributed by atoms with Crippen molar-refractivity contribution in [2.45, 2.75) is 6.23 Å². The van der Waals surface area contributed by atoms with Crippen LogP contribution < -0.4 is 5.32 Å². The Kier molecular flexibility index (Phi) is 11.2. The molecule has 0 bridgehead atoms. The minimum Gasteiger partial charge on any atom is -0.377 e. The first-order valence-electron chi connectivity index (χ1n) is 9.02. The number of carbonyl (C=O) groups excluding carboxylic acids is 1. The molecule has 1 saturated heterocycles. The zero-order valence-corrected chi connectivity index (χ0v) is 15.1. The van der Waals surface area contributed by atoms with E-state index in [1.54, 1.807) is 0 Å². The van der Waals surface area contributed by atoms with E-state index in [0.29, 0.717) is 66.1 Å². The third kappa shape index (κ3) is 9.42. The Bertz CT molecular complexity index is 411. The van der Waals surface area contributed by atoms with Gasteiger partial charge in [-0.15, -0.1) is 0 Å². The molecule has 0 aromatic heterocycles. The van der Waals surface area contributed by atoms with Crippen molar-refractivity contribution in [1.82, 2.24) is 5.32 Å². The number of rotatable bonds is 2. The van der Waals surface area contributed by atoms with Gasteiger partial charge in [0.1, 0.15) is 0 Å². The molecular formula is C18H29NO7. The summed E-state index contributed by atoms with van der Waals surface area (Å²) in [6, 6.07) is 0. The number of hydrogen-bond donors (Lipinski definition) is 1. The van der Waals surface area contributed by atoms with Gasteiger partial charge in [-0.1, -0.05) is 24.3 Å². The van der Waals surface area contributed by atoms with Crippen LogP contribution in [-0.2, 0) is 33.2 Å². The Morgan fingerprint density at radius 1 is 0.692 bits per heavy atom. The van der Waals surface area contributed by atoms with Gasteiger partial charge < -0.3 is 33.7 Å². The number of carbonyl (C=O) groups is 1. The Labute approximate surface area is 154 Å². The molecule has 148 valence electrons. The molecule has 0 saturated carbocycles. The van der Waals surface area contributed by atoms with Crippen molar-refractivity contribution in [1.29, 1.82) is 0 Å². The molecule has 1 heterocycles. The van der Waals surface area contributed by atoms with Gasteiger partial charge in [-0.25, -0.2) is 0 Å². The fraction of sp³-hybridized carbons (Fsp3) is 0.722. The Balaban J connectivity index is 1.72. The number of ether oxygens (including phenoxy) is 6. The van der Waals surface area contributed by atoms with Crippen LogP contribution >= 0.6 is 0 Å². The van der Waals surface area contributed by atoms with Crippen molar-refractivity contribution >= 4 is 5.91 Å². The first kappa shape index (κ1) is 21.0. The second kappa shape index (κ2) is 13.9. The topological polar surface area (TPSA) is 84.5 Å². The maximum atomic E-state index is 12.2. The number of allylic oxidation sites excluding steroid dienone is 2. The largest absolute Gasteiger partial charge is 0.377 e. The summed E-state index contributed by atoms with van der Waals surface area (Å²) in [6.45, 7) is 4.96. The summed E-state index contributed by atoms with van der Waals surface area (Å²) in [5.41, 5.74) is 0. The first-order valence-corrected chi connectivity index (χ1v) is 9.02. The van der Waals surface area contributed by atoms with E-state index in [1.165, 1.54) is 0 Å². The molecular weight excluding hydrogens is 342 g/mol. The van der Waals surface area contributed by atoms with Crippen LogP contribution in [0.15, 0.2) is 24.3 Å². The SMILES string of the molecule is O=C(NC1COCCOCCOCCOCCOCCO1)C1C=CC=C1. The van der Waals surface area contributed by atoms with Crippen LogP contribution in [0.25, 0.3) is 0 Å². The average Bonchev–Trinajstić information content (AvgIpc) is 3.18. The summed E-state index contributed by atoms with van der Waals surface area (Å²) in [6.07, 6.45) is 6.82. The van der Waals surface area contributed by atoms with E-state index in [2.05, 4.69) is 5.32 Å². The molecule has 1 unspecified atom stereocenters. The summed E-state index contributed by atoms with van der Waals surface area (Å²) in [5, 5.41) is 2.85. The molecule has 1 aliphatic carbocycles. The molecule has 1 atom stereocenters. The van der Waals surface area contributed by atoms with Crippen LogP contribution in [0, 0.1) is 5.92 Å². The highest BCUT2D eigenvalue weighted by molar-refractivity contribution is 5.83.